The van der Waals surface area contributed by atoms with Gasteiger partial charge in [-0.05, 0) is 19.8 Å². The van der Waals surface area contributed by atoms with E-state index in [-0.39, 0.29) is 22.9 Å². The summed E-state index contributed by atoms with van der Waals surface area (Å²) in [6.07, 6.45) is -2.71. The van der Waals surface area contributed by atoms with Gasteiger partial charge in [0.05, 0.1) is 31.2 Å². The SMILES string of the molecule is COC(=O)NC1CCN(C(=O)[C@@H]2C[C@H](SC3=C(C(=O)O)N4C(=O)[C@H]([C@@H](C)NC(=O)C(F)F)[C@H]4[C@H]3C)CN2)C1. The number of carbonyl (C=O) groups excluding carboxylic acids is 4. The number of fused-ring (bicyclic) bond motifs is 1. The van der Waals surface area contributed by atoms with Crippen molar-refractivity contribution in [1.29, 1.82) is 0 Å². The minimum Gasteiger partial charge on any atom is -0.477 e. The lowest BCUT2D eigenvalue weighted by molar-refractivity contribution is -0.159. The molecule has 38 heavy (non-hydrogen) atoms. The first-order valence-corrected chi connectivity index (χ1v) is 13.2. The standard InChI is InChI=1S/C23H31F2N5O7S/c1-9-15-14(10(2)27-19(31)18(24)25)21(33)30(15)16(22(34)35)17(9)38-12-6-13(26-7-12)20(32)29-5-4-11(8-29)28-23(36)37-3/h9-15,18,26H,4-8H2,1-3H3,(H,27,31)(H,28,36)(H,34,35)/t9-,10-,11?,12+,13+,14-,15-/m1/s1. The second kappa shape index (κ2) is 11.0. The molecular formula is C23H31F2N5O7S. The van der Waals surface area contributed by atoms with Crippen LogP contribution >= 0.6 is 11.8 Å². The van der Waals surface area contributed by atoms with Crippen LogP contribution in [-0.4, -0.2) is 107 Å². The predicted molar refractivity (Wildman–Crippen MR) is 130 cm³/mol. The van der Waals surface area contributed by atoms with Gasteiger partial charge in [-0.3, -0.25) is 14.4 Å². The van der Waals surface area contributed by atoms with Crippen LogP contribution in [0.5, 0.6) is 0 Å². The number of alkyl halides is 2. The average molecular weight is 560 g/mol. The van der Waals surface area contributed by atoms with Crippen LogP contribution < -0.4 is 16.0 Å². The third kappa shape index (κ3) is 5.17. The molecule has 0 saturated carbocycles. The lowest BCUT2D eigenvalue weighted by atomic mass is 9.78. The number of aliphatic carboxylic acids is 1. The van der Waals surface area contributed by atoms with E-state index in [9.17, 15) is 37.9 Å². The maximum Gasteiger partial charge on any atom is 0.407 e. The summed E-state index contributed by atoms with van der Waals surface area (Å²) in [6, 6.07) is -2.12. The molecule has 3 fully saturated rings. The molecule has 0 radical (unpaired) electrons. The molecule has 4 aliphatic rings. The summed E-state index contributed by atoms with van der Waals surface area (Å²) in [5.41, 5.74) is -0.132. The number of carbonyl (C=O) groups is 5. The number of thioether (sulfide) groups is 1. The Kier molecular flexibility index (Phi) is 8.16. The lowest BCUT2D eigenvalue weighted by Gasteiger charge is -2.47. The van der Waals surface area contributed by atoms with Gasteiger partial charge in [0.15, 0.2) is 0 Å². The van der Waals surface area contributed by atoms with Crippen molar-refractivity contribution < 1.29 is 42.6 Å². The quantitative estimate of drug-likeness (QED) is 0.299. The van der Waals surface area contributed by atoms with Gasteiger partial charge >= 0.3 is 18.5 Å². The third-order valence-electron chi connectivity index (χ3n) is 7.59. The van der Waals surface area contributed by atoms with Gasteiger partial charge in [0.2, 0.25) is 11.8 Å². The van der Waals surface area contributed by atoms with E-state index in [1.807, 2.05) is 0 Å². The fourth-order valence-electron chi connectivity index (χ4n) is 5.76. The Hall–Kier alpha value is -2.94. The normalized spacial score (nSPS) is 31.3. The molecule has 7 atom stereocenters. The van der Waals surface area contributed by atoms with Gasteiger partial charge in [-0.2, -0.15) is 8.78 Å². The topological polar surface area (TPSA) is 157 Å². The van der Waals surface area contributed by atoms with Gasteiger partial charge < -0.3 is 35.6 Å². The van der Waals surface area contributed by atoms with E-state index in [0.717, 1.165) is 0 Å². The monoisotopic (exact) mass is 559 g/mol. The number of β-lactam (4-membered cyclic amide) rings is 1. The first kappa shape index (κ1) is 28.1. The Morgan fingerprint density at radius 1 is 1.26 bits per heavy atom. The minimum atomic E-state index is -3.22. The van der Waals surface area contributed by atoms with Gasteiger partial charge in [0.1, 0.15) is 5.70 Å². The van der Waals surface area contributed by atoms with E-state index in [1.54, 1.807) is 11.8 Å². The van der Waals surface area contributed by atoms with Crippen LogP contribution in [0, 0.1) is 11.8 Å². The molecule has 1 unspecified atom stereocenters. The summed E-state index contributed by atoms with van der Waals surface area (Å²) < 4.78 is 30.0. The molecular weight excluding hydrogens is 528 g/mol. The number of amides is 4. The number of hydrogen-bond acceptors (Lipinski definition) is 8. The molecule has 15 heteroatoms. The van der Waals surface area contributed by atoms with Crippen LogP contribution in [0.2, 0.25) is 0 Å². The number of ether oxygens (including phenoxy) is 1. The molecule has 4 heterocycles. The fraction of sp³-hybridized carbons (Fsp3) is 0.696. The van der Waals surface area contributed by atoms with E-state index in [1.165, 1.54) is 30.7 Å². The van der Waals surface area contributed by atoms with Gasteiger partial charge in [0.25, 0.3) is 5.91 Å². The van der Waals surface area contributed by atoms with Crippen molar-refractivity contribution in [2.75, 3.05) is 26.7 Å². The summed E-state index contributed by atoms with van der Waals surface area (Å²) in [6.45, 7) is 4.55. The second-order valence-corrected chi connectivity index (χ2v) is 11.3. The number of alkyl carbamates (subject to hydrolysis) is 1. The summed E-state index contributed by atoms with van der Waals surface area (Å²) in [5, 5.41) is 17.8. The molecule has 4 aliphatic heterocycles. The molecule has 210 valence electrons. The first-order chi connectivity index (χ1) is 17.9. The Balaban J connectivity index is 1.39. The van der Waals surface area contributed by atoms with E-state index in [4.69, 9.17) is 0 Å². The average Bonchev–Trinajstić information content (AvgIpc) is 3.57. The maximum atomic E-state index is 13.0. The van der Waals surface area contributed by atoms with Crippen molar-refractivity contribution in [3.05, 3.63) is 10.6 Å². The first-order valence-electron chi connectivity index (χ1n) is 12.4. The van der Waals surface area contributed by atoms with E-state index in [0.29, 0.717) is 37.4 Å². The fourth-order valence-corrected chi connectivity index (χ4v) is 7.24. The molecule has 0 aromatic rings. The molecule has 4 amide bonds. The Bertz CT molecular complexity index is 1060. The highest BCUT2D eigenvalue weighted by molar-refractivity contribution is 8.03. The molecule has 4 rings (SSSR count). The van der Waals surface area contributed by atoms with Crippen molar-refractivity contribution in [3.63, 3.8) is 0 Å². The smallest absolute Gasteiger partial charge is 0.407 e. The third-order valence-corrected chi connectivity index (χ3v) is 9.10. The highest BCUT2D eigenvalue weighted by atomic mass is 32.2. The van der Waals surface area contributed by atoms with Gasteiger partial charge in [-0.1, -0.05) is 6.92 Å². The Labute approximate surface area is 221 Å². The van der Waals surface area contributed by atoms with Crippen LogP contribution in [0.3, 0.4) is 0 Å². The van der Waals surface area contributed by atoms with Crippen LogP contribution in [0.25, 0.3) is 0 Å². The number of halogens is 2. The largest absolute Gasteiger partial charge is 0.477 e. The number of carboxylic acids is 1. The molecule has 0 aliphatic carbocycles. The van der Waals surface area contributed by atoms with Gasteiger partial charge in [-0.25, -0.2) is 9.59 Å². The number of nitrogens with one attached hydrogen (secondary N) is 3. The predicted octanol–water partition coefficient (Wildman–Crippen LogP) is -0.0503. The number of nitrogens with zero attached hydrogens (tertiary/aromatic N) is 2. The molecule has 12 nitrogen and oxygen atoms in total. The number of methoxy groups -OCH3 is 1. The number of hydrogen-bond donors (Lipinski definition) is 4. The van der Waals surface area contributed by atoms with E-state index >= 15 is 0 Å². The van der Waals surface area contributed by atoms with Crippen LogP contribution in [0.15, 0.2) is 10.6 Å². The zero-order chi connectivity index (χ0) is 27.9. The summed E-state index contributed by atoms with van der Waals surface area (Å²) in [5.74, 6) is -4.59. The van der Waals surface area contributed by atoms with Crippen LogP contribution in [-0.2, 0) is 23.9 Å². The lowest BCUT2D eigenvalue weighted by Crippen LogP contribution is -2.66. The van der Waals surface area contributed by atoms with E-state index < -0.39 is 60.3 Å². The van der Waals surface area contributed by atoms with Crippen LogP contribution in [0.4, 0.5) is 13.6 Å². The maximum absolute atomic E-state index is 13.0. The summed E-state index contributed by atoms with van der Waals surface area (Å²) in [4.78, 5) is 64.3. The molecule has 4 N–H and O–H groups in total. The number of likely N-dealkylation sites (tertiary alicyclic amines) is 1. The van der Waals surface area contributed by atoms with Crippen molar-refractivity contribution >= 4 is 41.5 Å². The zero-order valence-electron chi connectivity index (χ0n) is 21.1. The molecule has 0 bridgehead atoms. The molecule has 0 spiro atoms. The van der Waals surface area contributed by atoms with Crippen LogP contribution in [0.1, 0.15) is 26.7 Å². The van der Waals surface area contributed by atoms with Gasteiger partial charge in [0, 0.05) is 41.7 Å². The summed E-state index contributed by atoms with van der Waals surface area (Å²) >= 11 is 1.31. The summed E-state index contributed by atoms with van der Waals surface area (Å²) in [7, 11) is 1.27. The Morgan fingerprint density at radius 3 is 2.61 bits per heavy atom. The highest BCUT2D eigenvalue weighted by Crippen LogP contribution is 2.51. The van der Waals surface area contributed by atoms with Crippen molar-refractivity contribution in [2.45, 2.75) is 62.5 Å². The van der Waals surface area contributed by atoms with Crippen molar-refractivity contribution in [3.8, 4) is 0 Å². The van der Waals surface area contributed by atoms with Crippen molar-refractivity contribution in [2.24, 2.45) is 11.8 Å². The Morgan fingerprint density at radius 2 is 1.97 bits per heavy atom. The highest BCUT2D eigenvalue weighted by Gasteiger charge is 2.60. The molecule has 3 saturated heterocycles. The molecule has 0 aromatic carbocycles. The zero-order valence-corrected chi connectivity index (χ0v) is 21.9. The second-order valence-electron chi connectivity index (χ2n) is 9.97. The van der Waals surface area contributed by atoms with E-state index in [2.05, 4.69) is 20.7 Å². The van der Waals surface area contributed by atoms with Crippen molar-refractivity contribution in [1.82, 2.24) is 25.8 Å². The minimum absolute atomic E-state index is 0.100. The molecule has 0 aromatic heterocycles. The number of carboxylic acid groups (broad SMARTS) is 1. The number of rotatable bonds is 8. The van der Waals surface area contributed by atoms with Gasteiger partial charge in [-0.15, -0.1) is 11.8 Å².